The van der Waals surface area contributed by atoms with E-state index in [0.717, 1.165) is 18.2 Å². The molecule has 7 nitrogen and oxygen atoms in total. The van der Waals surface area contributed by atoms with Crippen molar-refractivity contribution in [3.05, 3.63) is 29.8 Å². The summed E-state index contributed by atoms with van der Waals surface area (Å²) in [6.45, 7) is 8.17. The molecule has 0 amide bonds. The number of hydrogen-bond acceptors (Lipinski definition) is 6. The maximum atomic E-state index is 6.06. The van der Waals surface area contributed by atoms with Gasteiger partial charge in [-0.25, -0.2) is 0 Å². The summed E-state index contributed by atoms with van der Waals surface area (Å²) in [5.41, 5.74) is 1.87. The molecule has 2 heterocycles. The smallest absolute Gasteiger partial charge is 0.250 e. The second-order valence-corrected chi connectivity index (χ2v) is 6.56. The number of anilines is 1. The van der Waals surface area contributed by atoms with Gasteiger partial charge in [-0.1, -0.05) is 22.8 Å². The second-order valence-electron chi connectivity index (χ2n) is 6.56. The van der Waals surface area contributed by atoms with Crippen LogP contribution in [0.5, 0.6) is 0 Å². The zero-order valence-corrected chi connectivity index (χ0v) is 14.1. The van der Waals surface area contributed by atoms with Crippen molar-refractivity contribution in [3.63, 3.8) is 0 Å². The molecule has 2 aromatic rings. The Labute approximate surface area is 136 Å². The quantitative estimate of drug-likeness (QED) is 0.853. The van der Waals surface area contributed by atoms with Crippen molar-refractivity contribution in [2.24, 2.45) is 0 Å². The molecular formula is C16H23N5O2. The van der Waals surface area contributed by atoms with E-state index in [0.29, 0.717) is 13.2 Å². The van der Waals surface area contributed by atoms with Crippen LogP contribution in [-0.4, -0.2) is 58.7 Å². The van der Waals surface area contributed by atoms with Crippen LogP contribution in [0, 0.1) is 6.92 Å². The summed E-state index contributed by atoms with van der Waals surface area (Å²) < 4.78 is 13.1. The first-order chi connectivity index (χ1) is 11.0. The topological polar surface area (TPSA) is 65.3 Å². The molecule has 0 bridgehead atoms. The van der Waals surface area contributed by atoms with E-state index < -0.39 is 0 Å². The van der Waals surface area contributed by atoms with Gasteiger partial charge in [0.2, 0.25) is 0 Å². The van der Waals surface area contributed by atoms with Gasteiger partial charge in [-0.05, 0) is 43.3 Å². The Bertz CT molecular complexity index is 653. The summed E-state index contributed by atoms with van der Waals surface area (Å²) in [7, 11) is 1.69. The van der Waals surface area contributed by atoms with Crippen LogP contribution in [0.3, 0.4) is 0 Å². The van der Waals surface area contributed by atoms with Gasteiger partial charge in [0.25, 0.3) is 5.95 Å². The van der Waals surface area contributed by atoms with Gasteiger partial charge in [-0.3, -0.25) is 0 Å². The molecule has 124 valence electrons. The normalized spacial score (nSPS) is 20.7. The van der Waals surface area contributed by atoms with Crippen LogP contribution in [0.1, 0.15) is 19.4 Å². The van der Waals surface area contributed by atoms with Gasteiger partial charge >= 0.3 is 0 Å². The van der Waals surface area contributed by atoms with Crippen LogP contribution in [0.25, 0.3) is 5.69 Å². The van der Waals surface area contributed by atoms with Crippen molar-refractivity contribution >= 4 is 5.95 Å². The van der Waals surface area contributed by atoms with Gasteiger partial charge in [-0.2, -0.15) is 4.68 Å². The number of aryl methyl sites for hydroxylation is 1. The molecular weight excluding hydrogens is 294 g/mol. The number of hydrogen-bond donors (Lipinski definition) is 0. The van der Waals surface area contributed by atoms with Crippen molar-refractivity contribution in [2.75, 3.05) is 31.7 Å². The fourth-order valence-corrected chi connectivity index (χ4v) is 2.95. The van der Waals surface area contributed by atoms with Crippen LogP contribution in [0.4, 0.5) is 5.95 Å². The van der Waals surface area contributed by atoms with Gasteiger partial charge < -0.3 is 14.4 Å². The molecule has 1 aromatic heterocycles. The molecule has 1 saturated heterocycles. The Morgan fingerprint density at radius 3 is 2.74 bits per heavy atom. The highest BCUT2D eigenvalue weighted by atomic mass is 16.5. The molecule has 1 aromatic carbocycles. The highest BCUT2D eigenvalue weighted by Gasteiger charge is 2.35. The largest absolute Gasteiger partial charge is 0.382 e. The van der Waals surface area contributed by atoms with Crippen LogP contribution < -0.4 is 4.90 Å². The summed E-state index contributed by atoms with van der Waals surface area (Å²) in [6, 6.07) is 8.15. The first-order valence-corrected chi connectivity index (χ1v) is 7.76. The molecule has 1 unspecified atom stereocenters. The minimum Gasteiger partial charge on any atom is -0.382 e. The lowest BCUT2D eigenvalue weighted by Gasteiger charge is -2.42. The molecule has 1 fully saturated rings. The predicted octanol–water partition coefficient (Wildman–Crippen LogP) is 1.60. The third-order valence-corrected chi connectivity index (χ3v) is 3.85. The molecule has 0 aliphatic carbocycles. The first-order valence-electron chi connectivity index (χ1n) is 7.76. The second kappa shape index (κ2) is 6.25. The van der Waals surface area contributed by atoms with E-state index in [1.165, 1.54) is 5.56 Å². The Kier molecular flexibility index (Phi) is 4.32. The van der Waals surface area contributed by atoms with E-state index in [1.54, 1.807) is 11.8 Å². The Hall–Kier alpha value is -1.99. The number of methoxy groups -OCH3 is 1. The van der Waals surface area contributed by atoms with Gasteiger partial charge in [0.05, 0.1) is 24.0 Å². The lowest BCUT2D eigenvalue weighted by Crippen LogP contribution is -2.54. The van der Waals surface area contributed by atoms with E-state index in [-0.39, 0.29) is 11.7 Å². The van der Waals surface area contributed by atoms with Gasteiger partial charge in [0.1, 0.15) is 0 Å². The number of nitrogens with zero attached hydrogens (tertiary/aromatic N) is 5. The molecule has 1 atom stereocenters. The predicted molar refractivity (Wildman–Crippen MR) is 86.9 cm³/mol. The van der Waals surface area contributed by atoms with Crippen molar-refractivity contribution in [2.45, 2.75) is 32.5 Å². The van der Waals surface area contributed by atoms with E-state index >= 15 is 0 Å². The van der Waals surface area contributed by atoms with Crippen LogP contribution >= 0.6 is 0 Å². The summed E-state index contributed by atoms with van der Waals surface area (Å²) >= 11 is 0. The number of aromatic nitrogens is 4. The summed E-state index contributed by atoms with van der Waals surface area (Å²) in [5, 5.41) is 12.2. The average Bonchev–Trinajstić information content (AvgIpc) is 2.96. The van der Waals surface area contributed by atoms with E-state index in [4.69, 9.17) is 9.47 Å². The zero-order chi connectivity index (χ0) is 16.4. The van der Waals surface area contributed by atoms with E-state index in [2.05, 4.69) is 53.3 Å². The third-order valence-electron chi connectivity index (χ3n) is 3.85. The van der Waals surface area contributed by atoms with E-state index in [1.807, 2.05) is 12.1 Å². The fraction of sp³-hybridized carbons (Fsp3) is 0.562. The summed E-state index contributed by atoms with van der Waals surface area (Å²) in [4.78, 5) is 2.16. The Morgan fingerprint density at radius 1 is 1.30 bits per heavy atom. The molecule has 0 saturated carbocycles. The minimum absolute atomic E-state index is 0.00748. The first kappa shape index (κ1) is 15.9. The lowest BCUT2D eigenvalue weighted by atomic mass is 10.1. The maximum absolute atomic E-state index is 6.06. The maximum Gasteiger partial charge on any atom is 0.250 e. The van der Waals surface area contributed by atoms with Crippen molar-refractivity contribution in [1.29, 1.82) is 0 Å². The SMILES string of the molecule is COCC1CN(c2nnnn2-c2ccc(C)cc2)CC(C)(C)O1. The van der Waals surface area contributed by atoms with Crippen molar-refractivity contribution in [1.82, 2.24) is 20.2 Å². The summed E-state index contributed by atoms with van der Waals surface area (Å²) in [5.74, 6) is 0.728. The summed E-state index contributed by atoms with van der Waals surface area (Å²) in [6.07, 6.45) is -0.00748. The highest BCUT2D eigenvalue weighted by molar-refractivity contribution is 5.42. The van der Waals surface area contributed by atoms with E-state index in [9.17, 15) is 0 Å². The molecule has 0 N–H and O–H groups in total. The molecule has 7 heteroatoms. The number of morpholine rings is 1. The van der Waals surface area contributed by atoms with Crippen LogP contribution in [0.15, 0.2) is 24.3 Å². The van der Waals surface area contributed by atoms with Crippen LogP contribution in [0.2, 0.25) is 0 Å². The fourth-order valence-electron chi connectivity index (χ4n) is 2.95. The molecule has 1 aliphatic heterocycles. The molecule has 1 aliphatic rings. The van der Waals surface area contributed by atoms with Crippen LogP contribution in [-0.2, 0) is 9.47 Å². The number of ether oxygens (including phenoxy) is 2. The zero-order valence-electron chi connectivity index (χ0n) is 14.1. The van der Waals surface area contributed by atoms with Crippen molar-refractivity contribution in [3.8, 4) is 5.69 Å². The molecule has 23 heavy (non-hydrogen) atoms. The van der Waals surface area contributed by atoms with Gasteiger partial charge in [-0.15, -0.1) is 0 Å². The van der Waals surface area contributed by atoms with Gasteiger partial charge in [0.15, 0.2) is 0 Å². The molecule has 3 rings (SSSR count). The Morgan fingerprint density at radius 2 is 2.04 bits per heavy atom. The van der Waals surface area contributed by atoms with Gasteiger partial charge in [0, 0.05) is 20.2 Å². The number of benzene rings is 1. The monoisotopic (exact) mass is 317 g/mol. The highest BCUT2D eigenvalue weighted by Crippen LogP contribution is 2.26. The Balaban J connectivity index is 1.89. The molecule has 0 spiro atoms. The minimum atomic E-state index is -0.286. The average molecular weight is 317 g/mol. The standard InChI is InChI=1S/C16H23N5O2/c1-12-5-7-13(8-6-12)21-15(17-18-19-21)20-9-14(10-22-4)23-16(2,3)11-20/h5-8,14H,9-11H2,1-4H3. The molecule has 0 radical (unpaired) electrons. The number of tetrazole rings is 1. The lowest BCUT2D eigenvalue weighted by molar-refractivity contribution is -0.106. The third kappa shape index (κ3) is 3.51. The van der Waals surface area contributed by atoms with Crippen molar-refractivity contribution < 1.29 is 9.47 Å². The number of rotatable bonds is 4.